The van der Waals surface area contributed by atoms with E-state index in [0.717, 1.165) is 0 Å². The van der Waals surface area contributed by atoms with Gasteiger partial charge in [0.05, 0.1) is 0 Å². The molecule has 2 rings (SSSR count). The minimum absolute atomic E-state index is 0.0116. The third-order valence-corrected chi connectivity index (χ3v) is 4.29. The summed E-state index contributed by atoms with van der Waals surface area (Å²) in [5, 5.41) is 0.607. The average molecular weight is 294 g/mol. The molecule has 1 aliphatic carbocycles. The molecule has 0 radical (unpaired) electrons. The first kappa shape index (κ1) is 15.0. The summed E-state index contributed by atoms with van der Waals surface area (Å²) >= 11 is 5.78. The van der Waals surface area contributed by atoms with Gasteiger partial charge in [0.15, 0.2) is 5.78 Å². The minimum atomic E-state index is -0.0116. The van der Waals surface area contributed by atoms with Crippen molar-refractivity contribution in [2.24, 2.45) is 5.92 Å². The van der Waals surface area contributed by atoms with Crippen molar-refractivity contribution >= 4 is 23.3 Å². The highest BCUT2D eigenvalue weighted by molar-refractivity contribution is 6.30. The molecule has 0 heterocycles. The largest absolute Gasteiger partial charge is 0.343 e. The van der Waals surface area contributed by atoms with Gasteiger partial charge in [0.2, 0.25) is 5.91 Å². The maximum absolute atomic E-state index is 12.1. The number of halogens is 1. The first-order valence-corrected chi connectivity index (χ1v) is 7.41. The van der Waals surface area contributed by atoms with E-state index in [1.807, 2.05) is 7.05 Å². The fourth-order valence-electron chi connectivity index (χ4n) is 2.30. The van der Waals surface area contributed by atoms with Gasteiger partial charge >= 0.3 is 0 Å². The number of hydrogen-bond donors (Lipinski definition) is 0. The summed E-state index contributed by atoms with van der Waals surface area (Å²) in [6.45, 7) is 2.08. The Morgan fingerprint density at radius 1 is 1.25 bits per heavy atom. The number of hydrogen-bond acceptors (Lipinski definition) is 2. The highest BCUT2D eigenvalue weighted by Crippen LogP contribution is 2.34. The first-order chi connectivity index (χ1) is 9.49. The predicted octanol–water partition coefficient (Wildman–Crippen LogP) is 3.56. The van der Waals surface area contributed by atoms with E-state index in [2.05, 4.69) is 6.92 Å². The van der Waals surface area contributed by atoms with Crippen LogP contribution in [0.5, 0.6) is 0 Å². The monoisotopic (exact) mass is 293 g/mol. The van der Waals surface area contributed by atoms with Crippen LogP contribution >= 0.6 is 11.6 Å². The molecule has 1 fully saturated rings. The molecule has 1 aromatic carbocycles. The summed E-state index contributed by atoms with van der Waals surface area (Å²) in [4.78, 5) is 25.8. The number of benzene rings is 1. The van der Waals surface area contributed by atoms with Gasteiger partial charge in [0.25, 0.3) is 0 Å². The Labute approximate surface area is 124 Å². The molecule has 1 aromatic rings. The molecular weight excluding hydrogens is 274 g/mol. The van der Waals surface area contributed by atoms with Crippen LogP contribution in [0.4, 0.5) is 0 Å². The van der Waals surface area contributed by atoms with Crippen LogP contribution in [0.3, 0.4) is 0 Å². The Morgan fingerprint density at radius 2 is 1.85 bits per heavy atom. The fourth-order valence-corrected chi connectivity index (χ4v) is 2.42. The van der Waals surface area contributed by atoms with Crippen LogP contribution in [0.15, 0.2) is 24.3 Å². The van der Waals surface area contributed by atoms with Gasteiger partial charge in [0.1, 0.15) is 0 Å². The van der Waals surface area contributed by atoms with Gasteiger partial charge in [-0.25, -0.2) is 0 Å². The van der Waals surface area contributed by atoms with E-state index in [1.54, 1.807) is 29.2 Å². The molecule has 0 N–H and O–H groups in total. The smallest absolute Gasteiger partial charge is 0.223 e. The lowest BCUT2D eigenvalue weighted by Crippen LogP contribution is -2.36. The van der Waals surface area contributed by atoms with Gasteiger partial charge in [0, 0.05) is 36.5 Å². The van der Waals surface area contributed by atoms with Crippen molar-refractivity contribution in [1.82, 2.24) is 4.90 Å². The maximum atomic E-state index is 12.1. The molecule has 0 spiro atoms. The second-order valence-corrected chi connectivity index (χ2v) is 5.95. The minimum Gasteiger partial charge on any atom is -0.343 e. The van der Waals surface area contributed by atoms with Crippen molar-refractivity contribution in [1.29, 1.82) is 0 Å². The summed E-state index contributed by atoms with van der Waals surface area (Å²) in [5.74, 6) is 0.685. The van der Waals surface area contributed by atoms with Crippen molar-refractivity contribution in [3.8, 4) is 0 Å². The van der Waals surface area contributed by atoms with Gasteiger partial charge in [-0.3, -0.25) is 9.59 Å². The number of carbonyl (C=O) groups is 2. The summed E-state index contributed by atoms with van der Waals surface area (Å²) in [6, 6.07) is 7.07. The second kappa shape index (κ2) is 6.40. The third-order valence-electron chi connectivity index (χ3n) is 4.04. The van der Waals surface area contributed by atoms with E-state index >= 15 is 0 Å². The quantitative estimate of drug-likeness (QED) is 0.752. The van der Waals surface area contributed by atoms with Crippen LogP contribution in [-0.2, 0) is 4.79 Å². The molecule has 3 nitrogen and oxygen atoms in total. The Hall–Kier alpha value is -1.35. The summed E-state index contributed by atoms with van der Waals surface area (Å²) in [6.07, 6.45) is 2.95. The predicted molar refractivity (Wildman–Crippen MR) is 80.0 cm³/mol. The fraction of sp³-hybridized carbons (Fsp3) is 0.500. The molecule has 4 heteroatoms. The zero-order valence-electron chi connectivity index (χ0n) is 11.9. The van der Waals surface area contributed by atoms with Crippen LogP contribution in [0, 0.1) is 5.92 Å². The second-order valence-electron chi connectivity index (χ2n) is 5.51. The number of Topliss-reactive ketones (excluding diaryl/α,β-unsaturated/α-hetero) is 1. The summed E-state index contributed by atoms with van der Waals surface area (Å²) in [5.41, 5.74) is 0.611. The van der Waals surface area contributed by atoms with Gasteiger partial charge in [-0.2, -0.15) is 0 Å². The normalized spacial score (nSPS) is 15.8. The van der Waals surface area contributed by atoms with Crippen molar-refractivity contribution in [3.05, 3.63) is 34.9 Å². The molecule has 1 amide bonds. The maximum Gasteiger partial charge on any atom is 0.223 e. The lowest BCUT2D eigenvalue weighted by Gasteiger charge is -2.24. The van der Waals surface area contributed by atoms with E-state index in [9.17, 15) is 9.59 Å². The zero-order valence-corrected chi connectivity index (χ0v) is 12.7. The van der Waals surface area contributed by atoms with Crippen molar-refractivity contribution in [3.63, 3.8) is 0 Å². The molecule has 0 saturated heterocycles. The molecule has 0 bridgehead atoms. The molecule has 1 atom stereocenters. The average Bonchev–Trinajstić information content (AvgIpc) is 3.28. The summed E-state index contributed by atoms with van der Waals surface area (Å²) < 4.78 is 0. The highest BCUT2D eigenvalue weighted by atomic mass is 35.5. The van der Waals surface area contributed by atoms with E-state index in [4.69, 9.17) is 11.6 Å². The Bertz CT molecular complexity index is 494. The number of ketones is 1. The number of rotatable bonds is 6. The SMILES string of the molecule is CC(C1CC1)N(C)C(=O)CCC(=O)c1ccc(Cl)cc1. The van der Waals surface area contributed by atoms with E-state index in [-0.39, 0.29) is 30.6 Å². The molecule has 108 valence electrons. The van der Waals surface area contributed by atoms with Crippen LogP contribution in [0.1, 0.15) is 43.0 Å². The molecule has 20 heavy (non-hydrogen) atoms. The molecule has 0 aromatic heterocycles. The van der Waals surface area contributed by atoms with Crippen LogP contribution in [-0.4, -0.2) is 29.7 Å². The topological polar surface area (TPSA) is 37.4 Å². The van der Waals surface area contributed by atoms with Crippen LogP contribution < -0.4 is 0 Å². The van der Waals surface area contributed by atoms with Crippen molar-refractivity contribution < 1.29 is 9.59 Å². The van der Waals surface area contributed by atoms with Gasteiger partial charge in [-0.05, 0) is 49.9 Å². The number of amides is 1. The number of carbonyl (C=O) groups excluding carboxylic acids is 2. The van der Waals surface area contributed by atoms with E-state index < -0.39 is 0 Å². The van der Waals surface area contributed by atoms with E-state index in [0.29, 0.717) is 16.5 Å². The van der Waals surface area contributed by atoms with Gasteiger partial charge in [-0.1, -0.05) is 11.6 Å². The third kappa shape index (κ3) is 3.83. The first-order valence-electron chi connectivity index (χ1n) is 7.03. The molecule has 1 saturated carbocycles. The van der Waals surface area contributed by atoms with Crippen molar-refractivity contribution in [2.75, 3.05) is 7.05 Å². The van der Waals surface area contributed by atoms with Crippen LogP contribution in [0.25, 0.3) is 0 Å². The van der Waals surface area contributed by atoms with Crippen molar-refractivity contribution in [2.45, 2.75) is 38.6 Å². The Morgan fingerprint density at radius 3 is 2.40 bits per heavy atom. The molecule has 0 aliphatic heterocycles. The lowest BCUT2D eigenvalue weighted by atomic mass is 10.1. The standard InChI is InChI=1S/C16H20ClNO2/c1-11(12-3-4-12)18(2)16(20)10-9-15(19)13-5-7-14(17)8-6-13/h5-8,11-12H,3-4,9-10H2,1-2H3. The zero-order chi connectivity index (χ0) is 14.7. The highest BCUT2D eigenvalue weighted by Gasteiger charge is 2.32. The van der Waals surface area contributed by atoms with Crippen LogP contribution in [0.2, 0.25) is 5.02 Å². The molecular formula is C16H20ClNO2. The lowest BCUT2D eigenvalue weighted by molar-refractivity contribution is -0.132. The number of nitrogens with zero attached hydrogens (tertiary/aromatic N) is 1. The molecule has 1 unspecified atom stereocenters. The Balaban J connectivity index is 1.83. The van der Waals surface area contributed by atoms with Gasteiger partial charge in [-0.15, -0.1) is 0 Å². The Kier molecular flexibility index (Phi) is 4.81. The van der Waals surface area contributed by atoms with Gasteiger partial charge < -0.3 is 4.90 Å². The molecule has 1 aliphatic rings. The summed E-state index contributed by atoms with van der Waals surface area (Å²) in [7, 11) is 1.83. The van der Waals surface area contributed by atoms with E-state index in [1.165, 1.54) is 12.8 Å².